The first kappa shape index (κ1) is 11.0. The van der Waals surface area contributed by atoms with Crippen LogP contribution in [0.1, 0.15) is 38.5 Å². The molecule has 1 aliphatic carbocycles. The lowest BCUT2D eigenvalue weighted by Crippen LogP contribution is -2.22. The fraction of sp³-hybridized carbons (Fsp3) is 1.00. The monoisotopic (exact) mass is 185 g/mol. The van der Waals surface area contributed by atoms with E-state index in [9.17, 15) is 0 Å². The number of methoxy groups -OCH3 is 1. The van der Waals surface area contributed by atoms with Crippen LogP contribution < -0.4 is 5.32 Å². The van der Waals surface area contributed by atoms with Crippen LogP contribution in [0.3, 0.4) is 0 Å². The minimum atomic E-state index is 0.549. The van der Waals surface area contributed by atoms with E-state index < -0.39 is 0 Å². The van der Waals surface area contributed by atoms with Crippen LogP contribution >= 0.6 is 0 Å². The molecule has 0 amide bonds. The second kappa shape index (κ2) is 6.39. The maximum absolute atomic E-state index is 5.41. The Labute approximate surface area is 82.0 Å². The third-order valence-corrected chi connectivity index (χ3v) is 3.11. The molecular weight excluding hydrogens is 162 g/mol. The van der Waals surface area contributed by atoms with Gasteiger partial charge in [-0.15, -0.1) is 0 Å². The van der Waals surface area contributed by atoms with Crippen molar-refractivity contribution in [1.29, 1.82) is 0 Å². The van der Waals surface area contributed by atoms with Crippen molar-refractivity contribution in [2.24, 2.45) is 5.92 Å². The molecule has 2 atom stereocenters. The van der Waals surface area contributed by atoms with E-state index in [1.165, 1.54) is 38.5 Å². The average Bonchev–Trinajstić information content (AvgIpc) is 2.19. The number of nitrogens with one attached hydrogen (secondary N) is 1. The van der Waals surface area contributed by atoms with Gasteiger partial charge in [0, 0.05) is 7.11 Å². The third kappa shape index (κ3) is 4.10. The minimum Gasteiger partial charge on any atom is -0.381 e. The first-order valence-corrected chi connectivity index (χ1v) is 5.54. The van der Waals surface area contributed by atoms with Gasteiger partial charge < -0.3 is 10.1 Å². The average molecular weight is 185 g/mol. The summed E-state index contributed by atoms with van der Waals surface area (Å²) in [5, 5.41) is 3.20. The van der Waals surface area contributed by atoms with Gasteiger partial charge in [-0.25, -0.2) is 0 Å². The van der Waals surface area contributed by atoms with Crippen LogP contribution in [0.25, 0.3) is 0 Å². The van der Waals surface area contributed by atoms with Crippen LogP contribution in [0.15, 0.2) is 0 Å². The SMILES string of the molecule is CNCCCC1CCCC(OC)C1. The van der Waals surface area contributed by atoms with Crippen molar-refractivity contribution in [2.75, 3.05) is 20.7 Å². The molecule has 13 heavy (non-hydrogen) atoms. The summed E-state index contributed by atoms with van der Waals surface area (Å²) >= 11 is 0. The van der Waals surface area contributed by atoms with Gasteiger partial charge >= 0.3 is 0 Å². The molecule has 1 saturated carbocycles. The Balaban J connectivity index is 2.11. The maximum Gasteiger partial charge on any atom is 0.0574 e. The summed E-state index contributed by atoms with van der Waals surface area (Å²) in [6.45, 7) is 1.16. The summed E-state index contributed by atoms with van der Waals surface area (Å²) in [5.74, 6) is 0.923. The van der Waals surface area contributed by atoms with E-state index >= 15 is 0 Å². The molecule has 1 aliphatic rings. The zero-order valence-electron chi connectivity index (χ0n) is 9.01. The predicted molar refractivity (Wildman–Crippen MR) is 55.9 cm³/mol. The van der Waals surface area contributed by atoms with Crippen LogP contribution in [0.5, 0.6) is 0 Å². The molecule has 0 spiro atoms. The van der Waals surface area contributed by atoms with Gasteiger partial charge in [-0.2, -0.15) is 0 Å². The zero-order valence-corrected chi connectivity index (χ0v) is 9.01. The van der Waals surface area contributed by atoms with Crippen LogP contribution in [-0.4, -0.2) is 26.8 Å². The molecule has 0 aromatic rings. The molecular formula is C11H23NO. The highest BCUT2D eigenvalue weighted by Gasteiger charge is 2.20. The maximum atomic E-state index is 5.41. The number of rotatable bonds is 5. The fourth-order valence-electron chi connectivity index (χ4n) is 2.29. The standard InChI is InChI=1S/C11H23NO/c1-12-8-4-6-10-5-3-7-11(9-10)13-2/h10-12H,3-9H2,1-2H3. The summed E-state index contributed by atoms with van der Waals surface area (Å²) in [5.41, 5.74) is 0. The van der Waals surface area contributed by atoms with Crippen molar-refractivity contribution < 1.29 is 4.74 Å². The second-order valence-corrected chi connectivity index (χ2v) is 4.14. The third-order valence-electron chi connectivity index (χ3n) is 3.11. The zero-order chi connectivity index (χ0) is 9.52. The summed E-state index contributed by atoms with van der Waals surface area (Å²) in [4.78, 5) is 0. The summed E-state index contributed by atoms with van der Waals surface area (Å²) in [7, 11) is 3.87. The van der Waals surface area contributed by atoms with Gasteiger partial charge in [-0.1, -0.05) is 12.8 Å². The van der Waals surface area contributed by atoms with Gasteiger partial charge in [0.25, 0.3) is 0 Å². The quantitative estimate of drug-likeness (QED) is 0.663. The van der Waals surface area contributed by atoms with Crippen molar-refractivity contribution in [3.63, 3.8) is 0 Å². The lowest BCUT2D eigenvalue weighted by Gasteiger charge is -2.28. The van der Waals surface area contributed by atoms with Gasteiger partial charge in [0.05, 0.1) is 6.10 Å². The summed E-state index contributed by atoms with van der Waals surface area (Å²) in [6, 6.07) is 0. The Morgan fingerprint density at radius 1 is 1.38 bits per heavy atom. The number of hydrogen-bond donors (Lipinski definition) is 1. The first-order valence-electron chi connectivity index (χ1n) is 5.54. The van der Waals surface area contributed by atoms with Gasteiger partial charge in [-0.05, 0) is 45.2 Å². The van der Waals surface area contributed by atoms with Crippen LogP contribution in [-0.2, 0) is 4.74 Å². The van der Waals surface area contributed by atoms with E-state index in [0.717, 1.165) is 12.5 Å². The predicted octanol–water partition coefficient (Wildman–Crippen LogP) is 2.19. The Morgan fingerprint density at radius 3 is 2.92 bits per heavy atom. The van der Waals surface area contributed by atoms with Gasteiger partial charge in [0.15, 0.2) is 0 Å². The largest absolute Gasteiger partial charge is 0.381 e. The van der Waals surface area contributed by atoms with E-state index in [2.05, 4.69) is 5.32 Å². The van der Waals surface area contributed by atoms with E-state index in [0.29, 0.717) is 6.10 Å². The lowest BCUT2D eigenvalue weighted by atomic mass is 9.84. The number of hydrogen-bond acceptors (Lipinski definition) is 2. The molecule has 0 aromatic carbocycles. The van der Waals surface area contributed by atoms with E-state index in [1.807, 2.05) is 14.2 Å². The van der Waals surface area contributed by atoms with Crippen molar-refractivity contribution in [1.82, 2.24) is 5.32 Å². The van der Waals surface area contributed by atoms with Crippen molar-refractivity contribution in [2.45, 2.75) is 44.6 Å². The minimum absolute atomic E-state index is 0.549. The molecule has 1 N–H and O–H groups in total. The van der Waals surface area contributed by atoms with Gasteiger partial charge in [0.2, 0.25) is 0 Å². The Kier molecular flexibility index (Phi) is 5.40. The highest BCUT2D eigenvalue weighted by atomic mass is 16.5. The highest BCUT2D eigenvalue weighted by molar-refractivity contribution is 4.73. The Hall–Kier alpha value is -0.0800. The van der Waals surface area contributed by atoms with E-state index in [4.69, 9.17) is 4.74 Å². The summed E-state index contributed by atoms with van der Waals surface area (Å²) in [6.07, 6.45) is 8.59. The second-order valence-electron chi connectivity index (χ2n) is 4.14. The van der Waals surface area contributed by atoms with Crippen molar-refractivity contribution in [3.8, 4) is 0 Å². The highest BCUT2D eigenvalue weighted by Crippen LogP contribution is 2.28. The van der Waals surface area contributed by atoms with Gasteiger partial charge in [-0.3, -0.25) is 0 Å². The molecule has 2 heteroatoms. The molecule has 1 rings (SSSR count). The van der Waals surface area contributed by atoms with E-state index in [1.54, 1.807) is 0 Å². The Morgan fingerprint density at radius 2 is 2.23 bits per heavy atom. The van der Waals surface area contributed by atoms with Gasteiger partial charge in [0.1, 0.15) is 0 Å². The van der Waals surface area contributed by atoms with Crippen LogP contribution in [0.2, 0.25) is 0 Å². The normalized spacial score (nSPS) is 29.1. The number of ether oxygens (including phenoxy) is 1. The molecule has 0 heterocycles. The molecule has 0 aliphatic heterocycles. The fourth-order valence-corrected chi connectivity index (χ4v) is 2.29. The molecule has 1 fully saturated rings. The molecule has 2 unspecified atom stereocenters. The first-order chi connectivity index (χ1) is 6.36. The molecule has 0 radical (unpaired) electrons. The van der Waals surface area contributed by atoms with E-state index in [-0.39, 0.29) is 0 Å². The topological polar surface area (TPSA) is 21.3 Å². The molecule has 0 aromatic heterocycles. The summed E-state index contributed by atoms with van der Waals surface area (Å²) < 4.78 is 5.41. The van der Waals surface area contributed by atoms with Crippen molar-refractivity contribution in [3.05, 3.63) is 0 Å². The van der Waals surface area contributed by atoms with Crippen LogP contribution in [0.4, 0.5) is 0 Å². The lowest BCUT2D eigenvalue weighted by molar-refractivity contribution is 0.0487. The molecule has 0 bridgehead atoms. The smallest absolute Gasteiger partial charge is 0.0574 e. The Bertz CT molecular complexity index is 127. The molecule has 0 saturated heterocycles. The van der Waals surface area contributed by atoms with Crippen molar-refractivity contribution >= 4 is 0 Å². The molecule has 78 valence electrons. The molecule has 2 nitrogen and oxygen atoms in total. The van der Waals surface area contributed by atoms with Crippen LogP contribution in [0, 0.1) is 5.92 Å².